The van der Waals surface area contributed by atoms with Crippen molar-refractivity contribution in [3.05, 3.63) is 52.3 Å². The molecule has 0 aliphatic heterocycles. The number of carbonyl (C=O) groups is 4. The lowest BCUT2D eigenvalue weighted by atomic mass is 10.1. The molecule has 0 atom stereocenters. The van der Waals surface area contributed by atoms with Crippen molar-refractivity contribution in [1.82, 2.24) is 10.3 Å². The highest BCUT2D eigenvalue weighted by molar-refractivity contribution is 6.05. The number of benzene rings is 1. The maximum atomic E-state index is 12.5. The summed E-state index contributed by atoms with van der Waals surface area (Å²) in [6.45, 7) is 2.88. The van der Waals surface area contributed by atoms with E-state index in [0.717, 1.165) is 12.8 Å². The van der Waals surface area contributed by atoms with Gasteiger partial charge in [0.1, 0.15) is 5.69 Å². The Morgan fingerprint density at radius 1 is 1.13 bits per heavy atom. The molecule has 2 aromatic rings. The van der Waals surface area contributed by atoms with Crippen molar-refractivity contribution < 1.29 is 28.7 Å². The van der Waals surface area contributed by atoms with Crippen LogP contribution in [0.1, 0.15) is 62.2 Å². The first kappa shape index (κ1) is 22.1. The number of para-hydroxylation sites is 1. The molecule has 1 aliphatic rings. The number of hydrogen-bond acceptors (Lipinski definition) is 6. The van der Waals surface area contributed by atoms with Gasteiger partial charge in [0, 0.05) is 11.7 Å². The average Bonchev–Trinajstić information content (AvgIpc) is 3.51. The molecule has 0 radical (unpaired) electrons. The number of nitrogens with one attached hydrogen (secondary N) is 3. The molecule has 3 N–H and O–H groups in total. The highest BCUT2D eigenvalue weighted by atomic mass is 16.5. The normalized spacial score (nSPS) is 12.7. The number of aromatic amines is 1. The van der Waals surface area contributed by atoms with Crippen LogP contribution < -0.4 is 10.6 Å². The second-order valence-corrected chi connectivity index (χ2v) is 7.24. The van der Waals surface area contributed by atoms with Crippen LogP contribution in [0.3, 0.4) is 0 Å². The minimum Gasteiger partial charge on any atom is -0.465 e. The largest absolute Gasteiger partial charge is 0.465 e. The third kappa shape index (κ3) is 5.11. The third-order valence-electron chi connectivity index (χ3n) is 4.97. The molecule has 1 aromatic heterocycles. The van der Waals surface area contributed by atoms with Crippen LogP contribution in [0.4, 0.5) is 5.69 Å². The van der Waals surface area contributed by atoms with Crippen LogP contribution in [0.2, 0.25) is 0 Å². The molecule has 9 nitrogen and oxygen atoms in total. The first-order chi connectivity index (χ1) is 14.8. The summed E-state index contributed by atoms with van der Waals surface area (Å²) in [5.74, 6) is -2.17. The van der Waals surface area contributed by atoms with Crippen molar-refractivity contribution in [3.63, 3.8) is 0 Å². The van der Waals surface area contributed by atoms with E-state index >= 15 is 0 Å². The molecule has 0 unspecified atom stereocenters. The van der Waals surface area contributed by atoms with Crippen molar-refractivity contribution in [3.8, 4) is 0 Å². The lowest BCUT2D eigenvalue weighted by Crippen LogP contribution is -2.28. The molecule has 0 bridgehead atoms. The SMILES string of the molecule is CCc1[nH]c(C(=O)OCC(=O)Nc2ccccc2C(=O)NC2CC2)c(C)c1C(=O)OC. The second-order valence-electron chi connectivity index (χ2n) is 7.24. The van der Waals surface area contributed by atoms with Gasteiger partial charge in [-0.25, -0.2) is 9.59 Å². The molecular weight excluding hydrogens is 402 g/mol. The van der Waals surface area contributed by atoms with E-state index in [0.29, 0.717) is 28.9 Å². The minimum absolute atomic E-state index is 0.0919. The summed E-state index contributed by atoms with van der Waals surface area (Å²) in [6.07, 6.45) is 2.39. The lowest BCUT2D eigenvalue weighted by molar-refractivity contribution is -0.119. The Balaban J connectivity index is 1.64. The van der Waals surface area contributed by atoms with Crippen molar-refractivity contribution in [2.45, 2.75) is 39.2 Å². The highest BCUT2D eigenvalue weighted by Gasteiger charge is 2.26. The molecule has 0 saturated heterocycles. The fraction of sp³-hybridized carbons (Fsp3) is 0.364. The summed E-state index contributed by atoms with van der Waals surface area (Å²) >= 11 is 0. The number of amides is 2. The molecular formula is C22H25N3O6. The molecule has 1 heterocycles. The standard InChI is InChI=1S/C22H25N3O6/c1-4-15-18(21(28)30-3)12(2)19(25-15)22(29)31-11-17(26)24-16-8-6-5-7-14(16)20(27)23-13-9-10-13/h5-8,13,25H,4,9-11H2,1-3H3,(H,23,27)(H,24,26). The predicted molar refractivity (Wildman–Crippen MR) is 112 cm³/mol. The molecule has 3 rings (SSSR count). The van der Waals surface area contributed by atoms with Gasteiger partial charge in [0.2, 0.25) is 0 Å². The van der Waals surface area contributed by atoms with Gasteiger partial charge >= 0.3 is 11.9 Å². The lowest BCUT2D eigenvalue weighted by Gasteiger charge is -2.11. The van der Waals surface area contributed by atoms with Gasteiger partial charge in [-0.1, -0.05) is 19.1 Å². The van der Waals surface area contributed by atoms with Crippen LogP contribution in [0.5, 0.6) is 0 Å². The minimum atomic E-state index is -0.766. The van der Waals surface area contributed by atoms with Gasteiger partial charge in [-0.2, -0.15) is 0 Å². The van der Waals surface area contributed by atoms with E-state index in [9.17, 15) is 19.2 Å². The van der Waals surface area contributed by atoms with E-state index in [-0.39, 0.29) is 23.2 Å². The van der Waals surface area contributed by atoms with Gasteiger partial charge in [-0.15, -0.1) is 0 Å². The van der Waals surface area contributed by atoms with Gasteiger partial charge in [-0.3, -0.25) is 9.59 Å². The zero-order chi connectivity index (χ0) is 22.5. The number of aryl methyl sites for hydroxylation is 1. The van der Waals surface area contributed by atoms with Crippen LogP contribution in [0, 0.1) is 6.92 Å². The molecule has 1 fully saturated rings. The van der Waals surface area contributed by atoms with Gasteiger partial charge in [0.05, 0.1) is 23.9 Å². The fourth-order valence-corrected chi connectivity index (χ4v) is 3.18. The van der Waals surface area contributed by atoms with Crippen LogP contribution in [-0.2, 0) is 20.7 Å². The Hall–Kier alpha value is -3.62. The molecule has 1 aromatic carbocycles. The Morgan fingerprint density at radius 2 is 1.84 bits per heavy atom. The van der Waals surface area contributed by atoms with Crippen molar-refractivity contribution in [1.29, 1.82) is 0 Å². The number of carbonyl (C=O) groups excluding carboxylic acids is 4. The Bertz CT molecular complexity index is 1020. The Labute approximate surface area is 179 Å². The second kappa shape index (κ2) is 9.46. The van der Waals surface area contributed by atoms with Crippen LogP contribution in [0.25, 0.3) is 0 Å². The van der Waals surface area contributed by atoms with Gasteiger partial charge in [0.25, 0.3) is 11.8 Å². The maximum absolute atomic E-state index is 12.5. The van der Waals surface area contributed by atoms with E-state index in [2.05, 4.69) is 15.6 Å². The molecule has 1 saturated carbocycles. The summed E-state index contributed by atoms with van der Waals surface area (Å²) in [5.41, 5.74) is 2.00. The number of hydrogen-bond donors (Lipinski definition) is 3. The van der Waals surface area contributed by atoms with Gasteiger partial charge in [0.15, 0.2) is 6.61 Å². The van der Waals surface area contributed by atoms with Crippen molar-refractivity contribution in [2.75, 3.05) is 19.0 Å². The van der Waals surface area contributed by atoms with Gasteiger partial charge in [-0.05, 0) is 43.9 Å². The van der Waals surface area contributed by atoms with Crippen molar-refractivity contribution >= 4 is 29.4 Å². The summed E-state index contributed by atoms with van der Waals surface area (Å²) < 4.78 is 9.88. The highest BCUT2D eigenvalue weighted by Crippen LogP contribution is 2.22. The Kier molecular flexibility index (Phi) is 6.74. The third-order valence-corrected chi connectivity index (χ3v) is 4.97. The van der Waals surface area contributed by atoms with E-state index in [1.807, 2.05) is 6.92 Å². The monoisotopic (exact) mass is 427 g/mol. The quantitative estimate of drug-likeness (QED) is 0.555. The topological polar surface area (TPSA) is 127 Å². The first-order valence-corrected chi connectivity index (χ1v) is 10.0. The zero-order valence-corrected chi connectivity index (χ0v) is 17.7. The molecule has 0 spiro atoms. The summed E-state index contributed by atoms with van der Waals surface area (Å²) in [7, 11) is 1.26. The predicted octanol–water partition coefficient (Wildman–Crippen LogP) is 2.36. The molecule has 164 valence electrons. The number of aromatic nitrogens is 1. The molecule has 31 heavy (non-hydrogen) atoms. The first-order valence-electron chi connectivity index (χ1n) is 10.0. The van der Waals surface area contributed by atoms with E-state index in [4.69, 9.17) is 9.47 Å². The number of anilines is 1. The molecule has 2 amide bonds. The fourth-order valence-electron chi connectivity index (χ4n) is 3.18. The number of methoxy groups -OCH3 is 1. The summed E-state index contributed by atoms with van der Waals surface area (Å²) in [5, 5.41) is 5.47. The average molecular weight is 427 g/mol. The summed E-state index contributed by atoms with van der Waals surface area (Å²) in [4.78, 5) is 52.0. The number of ether oxygens (including phenoxy) is 2. The summed E-state index contributed by atoms with van der Waals surface area (Å²) in [6, 6.07) is 6.80. The van der Waals surface area contributed by atoms with E-state index < -0.39 is 24.5 Å². The Morgan fingerprint density at radius 3 is 2.48 bits per heavy atom. The van der Waals surface area contributed by atoms with Crippen LogP contribution >= 0.6 is 0 Å². The number of H-pyrrole nitrogens is 1. The molecule has 1 aliphatic carbocycles. The maximum Gasteiger partial charge on any atom is 0.355 e. The number of esters is 2. The number of rotatable bonds is 8. The zero-order valence-electron chi connectivity index (χ0n) is 17.7. The van der Waals surface area contributed by atoms with Gasteiger partial charge < -0.3 is 25.1 Å². The smallest absolute Gasteiger partial charge is 0.355 e. The van der Waals surface area contributed by atoms with E-state index in [1.54, 1.807) is 31.2 Å². The van der Waals surface area contributed by atoms with E-state index in [1.165, 1.54) is 7.11 Å². The van der Waals surface area contributed by atoms with Crippen LogP contribution in [-0.4, -0.2) is 48.5 Å². The molecule has 9 heteroatoms. The van der Waals surface area contributed by atoms with Crippen molar-refractivity contribution in [2.24, 2.45) is 0 Å². The van der Waals surface area contributed by atoms with Crippen LogP contribution in [0.15, 0.2) is 24.3 Å².